The summed E-state index contributed by atoms with van der Waals surface area (Å²) in [6.07, 6.45) is -6.25. The predicted octanol–water partition coefficient (Wildman–Crippen LogP) is 3.40. The predicted molar refractivity (Wildman–Crippen MR) is 118 cm³/mol. The van der Waals surface area contributed by atoms with Gasteiger partial charge in [0.25, 0.3) is 11.8 Å². The number of halogens is 7. The van der Waals surface area contributed by atoms with Gasteiger partial charge in [-0.3, -0.25) is 9.59 Å². The maximum atomic E-state index is 14.6. The zero-order chi connectivity index (χ0) is 27.6. The molecule has 2 amide bonds. The van der Waals surface area contributed by atoms with Crippen LogP contribution in [0.25, 0.3) is 16.8 Å². The van der Waals surface area contributed by atoms with Gasteiger partial charge in [0.1, 0.15) is 30.6 Å². The van der Waals surface area contributed by atoms with Crippen LogP contribution in [0.15, 0.2) is 30.6 Å². The maximum Gasteiger partial charge on any atom is 0.418 e. The second-order valence-electron chi connectivity index (χ2n) is 9.21. The van der Waals surface area contributed by atoms with Crippen molar-refractivity contribution in [2.45, 2.75) is 37.4 Å². The van der Waals surface area contributed by atoms with E-state index < -0.39 is 78.6 Å². The Hall–Kier alpha value is -3.91. The van der Waals surface area contributed by atoms with Gasteiger partial charge in [0.15, 0.2) is 5.82 Å². The number of hydrogen-bond acceptors (Lipinski definition) is 5. The number of carbonyl (C=O) groups is 2. The van der Waals surface area contributed by atoms with E-state index in [1.807, 2.05) is 0 Å². The highest BCUT2D eigenvalue weighted by molar-refractivity contribution is 5.97. The van der Waals surface area contributed by atoms with E-state index in [1.54, 1.807) is 0 Å². The number of fused-ring (bicyclic) bond motifs is 1. The van der Waals surface area contributed by atoms with Crippen molar-refractivity contribution in [3.63, 3.8) is 0 Å². The minimum absolute atomic E-state index is 0.0481. The number of alkyl halides is 7. The third-order valence-electron chi connectivity index (χ3n) is 6.68. The number of nitrogens with zero attached hydrogens (tertiary/aromatic N) is 4. The number of hydrogen-bond donors (Lipinski definition) is 2. The van der Waals surface area contributed by atoms with E-state index in [1.165, 1.54) is 12.1 Å². The van der Waals surface area contributed by atoms with Crippen LogP contribution in [-0.4, -0.2) is 62.5 Å². The number of benzene rings is 1. The molecule has 5 rings (SSSR count). The Bertz CT molecular complexity index is 1440. The van der Waals surface area contributed by atoms with Crippen molar-refractivity contribution >= 4 is 23.1 Å². The summed E-state index contributed by atoms with van der Waals surface area (Å²) in [6.45, 7) is -1.98. The van der Waals surface area contributed by atoms with Crippen LogP contribution in [0.4, 0.5) is 36.6 Å². The fourth-order valence-electron chi connectivity index (χ4n) is 4.58. The number of rotatable bonds is 5. The number of likely N-dealkylation sites (tertiary alicyclic amines) is 1. The van der Waals surface area contributed by atoms with Crippen molar-refractivity contribution in [3.05, 3.63) is 47.3 Å². The molecule has 38 heavy (non-hydrogen) atoms. The summed E-state index contributed by atoms with van der Waals surface area (Å²) in [5, 5.41) is 6.17. The molecular weight excluding hydrogens is 525 g/mol. The molecule has 3 aromatic rings. The number of aromatic nitrogens is 3. The average molecular weight is 544 g/mol. The summed E-state index contributed by atoms with van der Waals surface area (Å²) in [6, 6.07) is 3.11. The smallest absolute Gasteiger partial charge is 0.382 e. The normalized spacial score (nSPS) is 22.6. The summed E-state index contributed by atoms with van der Waals surface area (Å²) in [5.74, 6) is -6.96. The highest BCUT2D eigenvalue weighted by Crippen LogP contribution is 2.49. The molecule has 1 unspecified atom stereocenters. The van der Waals surface area contributed by atoms with Gasteiger partial charge in [0.2, 0.25) is 5.91 Å². The molecule has 0 radical (unpaired) electrons. The first kappa shape index (κ1) is 25.7. The summed E-state index contributed by atoms with van der Waals surface area (Å²) in [4.78, 5) is 29.7. The van der Waals surface area contributed by atoms with E-state index >= 15 is 0 Å². The summed E-state index contributed by atoms with van der Waals surface area (Å²) < 4.78 is 96.7. The fraction of sp³-hybridized carbons (Fsp3) is 0.391. The van der Waals surface area contributed by atoms with Gasteiger partial charge in [0.05, 0.1) is 23.8 Å². The Balaban J connectivity index is 1.44. The Morgan fingerprint density at radius 2 is 1.89 bits per heavy atom. The summed E-state index contributed by atoms with van der Waals surface area (Å²) >= 11 is 0. The van der Waals surface area contributed by atoms with E-state index in [4.69, 9.17) is 5.73 Å². The van der Waals surface area contributed by atoms with Crippen molar-refractivity contribution in [1.29, 1.82) is 0 Å². The van der Waals surface area contributed by atoms with Gasteiger partial charge >= 0.3 is 6.18 Å². The van der Waals surface area contributed by atoms with Crippen LogP contribution in [0, 0.1) is 5.92 Å². The van der Waals surface area contributed by atoms with Crippen molar-refractivity contribution in [2.75, 3.05) is 18.8 Å². The van der Waals surface area contributed by atoms with Gasteiger partial charge in [-0.25, -0.2) is 27.1 Å². The molecule has 1 aliphatic heterocycles. The van der Waals surface area contributed by atoms with E-state index in [0.717, 1.165) is 27.9 Å². The lowest BCUT2D eigenvalue weighted by Crippen LogP contribution is -2.42. The molecule has 2 aromatic heterocycles. The Morgan fingerprint density at radius 1 is 1.18 bits per heavy atom. The lowest BCUT2D eigenvalue weighted by atomic mass is 10.0. The van der Waals surface area contributed by atoms with Crippen LogP contribution in [0.5, 0.6) is 0 Å². The number of carbonyl (C=O) groups excluding carboxylic acids is 2. The minimum atomic E-state index is -4.81. The molecule has 1 aromatic carbocycles. The minimum Gasteiger partial charge on any atom is -0.382 e. The first-order valence-corrected chi connectivity index (χ1v) is 11.3. The van der Waals surface area contributed by atoms with E-state index in [9.17, 15) is 40.3 Å². The molecule has 1 saturated carbocycles. The van der Waals surface area contributed by atoms with Crippen LogP contribution >= 0.6 is 0 Å². The highest BCUT2D eigenvalue weighted by Gasteiger charge is 2.63. The Labute approximate surface area is 209 Å². The first-order chi connectivity index (χ1) is 17.8. The third-order valence-corrected chi connectivity index (χ3v) is 6.68. The summed E-state index contributed by atoms with van der Waals surface area (Å²) in [7, 11) is 0. The molecular formula is C23H19F7N6O2. The van der Waals surface area contributed by atoms with E-state index in [2.05, 4.69) is 15.4 Å². The molecule has 0 bridgehead atoms. The number of nitrogens with one attached hydrogen (secondary N) is 1. The molecule has 202 valence electrons. The van der Waals surface area contributed by atoms with Crippen molar-refractivity contribution in [2.24, 2.45) is 5.92 Å². The SMILES string of the molecule is Nc1ncnn2c(-c3ccc(CF)c(C(=O)N[C@@H]4CN(C(=O)C5CC5(F)F)C[C@@H]4F)c3)cc(C(F)(F)F)c12. The van der Waals surface area contributed by atoms with E-state index in [-0.39, 0.29) is 28.9 Å². The standard InChI is InChI=1S/C23H19F7N6O2/c24-6-11-2-1-10(17-4-13(23(28,29)30)18-19(31)32-9-33-36(17)18)3-12(11)20(37)34-16-8-35(7-15(16)25)21(38)14-5-22(14,26)27/h1-4,9,14-16H,5-8H2,(H,34,37)(H2,31,32,33)/t14?,15-,16+/m0/s1. The van der Waals surface area contributed by atoms with Crippen LogP contribution in [0.2, 0.25) is 0 Å². The molecule has 3 atom stereocenters. The largest absolute Gasteiger partial charge is 0.418 e. The number of anilines is 1. The van der Waals surface area contributed by atoms with Crippen LogP contribution < -0.4 is 11.1 Å². The van der Waals surface area contributed by atoms with Crippen molar-refractivity contribution in [1.82, 2.24) is 24.8 Å². The zero-order valence-electron chi connectivity index (χ0n) is 19.3. The van der Waals surface area contributed by atoms with Crippen molar-refractivity contribution < 1.29 is 40.3 Å². The van der Waals surface area contributed by atoms with Crippen LogP contribution in [-0.2, 0) is 17.6 Å². The molecule has 2 fully saturated rings. The first-order valence-electron chi connectivity index (χ1n) is 11.3. The van der Waals surface area contributed by atoms with Crippen LogP contribution in [0.3, 0.4) is 0 Å². The van der Waals surface area contributed by atoms with Crippen LogP contribution in [0.1, 0.15) is 27.9 Å². The molecule has 3 heterocycles. The number of nitrogen functional groups attached to an aromatic ring is 1. The zero-order valence-corrected chi connectivity index (χ0v) is 19.3. The Kier molecular flexibility index (Phi) is 5.98. The van der Waals surface area contributed by atoms with Gasteiger partial charge in [-0.15, -0.1) is 0 Å². The molecule has 0 spiro atoms. The highest BCUT2D eigenvalue weighted by atomic mass is 19.4. The van der Waals surface area contributed by atoms with Crippen molar-refractivity contribution in [3.8, 4) is 11.3 Å². The van der Waals surface area contributed by atoms with E-state index in [0.29, 0.717) is 0 Å². The maximum absolute atomic E-state index is 14.6. The summed E-state index contributed by atoms with van der Waals surface area (Å²) in [5.41, 5.74) is 3.53. The van der Waals surface area contributed by atoms with Gasteiger partial charge in [-0.1, -0.05) is 12.1 Å². The fourth-order valence-corrected chi connectivity index (χ4v) is 4.58. The average Bonchev–Trinajstić information content (AvgIpc) is 3.16. The van der Waals surface area contributed by atoms with Gasteiger partial charge in [-0.05, 0) is 17.7 Å². The number of amides is 2. The monoisotopic (exact) mass is 544 g/mol. The number of nitrogens with two attached hydrogens (primary N) is 1. The lowest BCUT2D eigenvalue weighted by Gasteiger charge is -2.17. The van der Waals surface area contributed by atoms with Gasteiger partial charge < -0.3 is 16.0 Å². The molecule has 8 nitrogen and oxygen atoms in total. The lowest BCUT2D eigenvalue weighted by molar-refractivity contribution is -0.136. The quantitative estimate of drug-likeness (QED) is 0.480. The molecule has 15 heteroatoms. The molecule has 1 aliphatic carbocycles. The topological polar surface area (TPSA) is 106 Å². The van der Waals surface area contributed by atoms with Gasteiger partial charge in [0, 0.05) is 24.1 Å². The Morgan fingerprint density at radius 3 is 2.53 bits per heavy atom. The second-order valence-corrected chi connectivity index (χ2v) is 9.21. The molecule has 2 aliphatic rings. The van der Waals surface area contributed by atoms with Gasteiger partial charge in [-0.2, -0.15) is 18.3 Å². The molecule has 1 saturated heterocycles. The third kappa shape index (κ3) is 4.39. The molecule has 3 N–H and O–H groups in total. The second kappa shape index (κ2) is 8.84.